The molecule has 4 heteroatoms. The van der Waals surface area contributed by atoms with Gasteiger partial charge < -0.3 is 15.0 Å². The first-order valence-electron chi connectivity index (χ1n) is 6.87. The zero-order chi connectivity index (χ0) is 13.2. The van der Waals surface area contributed by atoms with E-state index in [0.717, 1.165) is 31.7 Å². The van der Waals surface area contributed by atoms with Crippen molar-refractivity contribution in [1.82, 2.24) is 10.2 Å². The molecule has 0 bridgehead atoms. The summed E-state index contributed by atoms with van der Waals surface area (Å²) in [4.78, 5) is 14.6. The third-order valence-electron chi connectivity index (χ3n) is 4.26. The lowest BCUT2D eigenvalue weighted by Gasteiger charge is -2.23. The molecule has 3 unspecified atom stereocenters. The lowest BCUT2D eigenvalue weighted by Crippen LogP contribution is -2.36. The van der Waals surface area contributed by atoms with Crippen LogP contribution in [0.15, 0.2) is 30.3 Å². The number of amides is 1. The molecule has 2 aliphatic rings. The fourth-order valence-electron chi connectivity index (χ4n) is 3.21. The van der Waals surface area contributed by atoms with Gasteiger partial charge in [-0.05, 0) is 17.4 Å². The van der Waals surface area contributed by atoms with E-state index in [1.54, 1.807) is 7.11 Å². The van der Waals surface area contributed by atoms with Gasteiger partial charge in [0.15, 0.2) is 6.10 Å². The lowest BCUT2D eigenvalue weighted by molar-refractivity contribution is -0.141. The van der Waals surface area contributed by atoms with Crippen LogP contribution in [0.3, 0.4) is 0 Å². The Balaban J connectivity index is 1.72. The average molecular weight is 260 g/mol. The standard InChI is InChI=1S/C15H20N2O2/c1-19-14(11-5-3-2-4-6-11)15(18)17-9-12-7-16-8-13(12)10-17/h2-6,12-14,16H,7-10H2,1H3. The summed E-state index contributed by atoms with van der Waals surface area (Å²) in [5, 5.41) is 3.39. The summed E-state index contributed by atoms with van der Waals surface area (Å²) in [7, 11) is 1.61. The number of nitrogens with zero attached hydrogens (tertiary/aromatic N) is 1. The summed E-state index contributed by atoms with van der Waals surface area (Å²) >= 11 is 0. The van der Waals surface area contributed by atoms with Crippen molar-refractivity contribution in [2.75, 3.05) is 33.3 Å². The second kappa shape index (κ2) is 5.31. The maximum Gasteiger partial charge on any atom is 0.256 e. The van der Waals surface area contributed by atoms with Crippen LogP contribution in [0.4, 0.5) is 0 Å². The van der Waals surface area contributed by atoms with Gasteiger partial charge in [0, 0.05) is 33.3 Å². The van der Waals surface area contributed by atoms with Crippen molar-refractivity contribution in [2.24, 2.45) is 11.8 Å². The van der Waals surface area contributed by atoms with Crippen LogP contribution in [-0.2, 0) is 9.53 Å². The molecule has 1 amide bonds. The number of benzene rings is 1. The number of ether oxygens (including phenoxy) is 1. The van der Waals surface area contributed by atoms with Gasteiger partial charge in [0.25, 0.3) is 5.91 Å². The Hall–Kier alpha value is -1.39. The molecule has 2 aliphatic heterocycles. The maximum absolute atomic E-state index is 12.6. The Morgan fingerprint density at radius 1 is 1.26 bits per heavy atom. The molecular formula is C15H20N2O2. The molecule has 4 nitrogen and oxygen atoms in total. The normalized spacial score (nSPS) is 27.3. The van der Waals surface area contributed by atoms with E-state index < -0.39 is 6.10 Å². The number of rotatable bonds is 3. The molecular weight excluding hydrogens is 240 g/mol. The fraction of sp³-hybridized carbons (Fsp3) is 0.533. The quantitative estimate of drug-likeness (QED) is 0.883. The molecule has 3 atom stereocenters. The first kappa shape index (κ1) is 12.6. The fourth-order valence-corrected chi connectivity index (χ4v) is 3.21. The van der Waals surface area contributed by atoms with Crippen LogP contribution < -0.4 is 5.32 Å². The Morgan fingerprint density at radius 2 is 1.89 bits per heavy atom. The van der Waals surface area contributed by atoms with Crippen molar-refractivity contribution in [3.63, 3.8) is 0 Å². The zero-order valence-electron chi connectivity index (χ0n) is 11.2. The molecule has 19 heavy (non-hydrogen) atoms. The van der Waals surface area contributed by atoms with Gasteiger partial charge in [0.2, 0.25) is 0 Å². The molecule has 2 heterocycles. The highest BCUT2D eigenvalue weighted by Gasteiger charge is 2.40. The van der Waals surface area contributed by atoms with Gasteiger partial charge in [-0.3, -0.25) is 4.79 Å². The van der Waals surface area contributed by atoms with Gasteiger partial charge >= 0.3 is 0 Å². The molecule has 1 aromatic rings. The molecule has 0 aromatic heterocycles. The van der Waals surface area contributed by atoms with Crippen LogP contribution in [0.25, 0.3) is 0 Å². The molecule has 0 aliphatic carbocycles. The molecule has 1 N–H and O–H groups in total. The Labute approximate surface area is 113 Å². The first-order chi connectivity index (χ1) is 9.29. The SMILES string of the molecule is COC(C(=O)N1CC2CNCC2C1)c1ccccc1. The monoisotopic (exact) mass is 260 g/mol. The number of hydrogen-bond acceptors (Lipinski definition) is 3. The Bertz CT molecular complexity index is 437. The minimum Gasteiger partial charge on any atom is -0.367 e. The molecule has 2 saturated heterocycles. The summed E-state index contributed by atoms with van der Waals surface area (Å²) in [5.41, 5.74) is 0.935. The number of hydrogen-bond donors (Lipinski definition) is 1. The Kier molecular flexibility index (Phi) is 3.53. The molecule has 1 aromatic carbocycles. The van der Waals surface area contributed by atoms with Crippen LogP contribution in [0.2, 0.25) is 0 Å². The summed E-state index contributed by atoms with van der Waals surface area (Å²) in [6, 6.07) is 9.73. The van der Waals surface area contributed by atoms with Gasteiger partial charge in [-0.25, -0.2) is 0 Å². The lowest BCUT2D eigenvalue weighted by atomic mass is 10.0. The largest absolute Gasteiger partial charge is 0.367 e. The van der Waals surface area contributed by atoms with Crippen LogP contribution in [0, 0.1) is 11.8 Å². The summed E-state index contributed by atoms with van der Waals surface area (Å²) in [6.45, 7) is 3.81. The number of methoxy groups -OCH3 is 1. The molecule has 0 saturated carbocycles. The number of fused-ring (bicyclic) bond motifs is 1. The maximum atomic E-state index is 12.6. The van der Waals surface area contributed by atoms with Crippen molar-refractivity contribution in [1.29, 1.82) is 0 Å². The predicted molar refractivity (Wildman–Crippen MR) is 72.6 cm³/mol. The summed E-state index contributed by atoms with van der Waals surface area (Å²) < 4.78 is 5.43. The van der Waals surface area contributed by atoms with E-state index in [9.17, 15) is 4.79 Å². The molecule has 0 spiro atoms. The molecule has 102 valence electrons. The smallest absolute Gasteiger partial charge is 0.256 e. The molecule has 2 fully saturated rings. The number of carbonyl (C=O) groups is 1. The van der Waals surface area contributed by atoms with E-state index >= 15 is 0 Å². The average Bonchev–Trinajstić information content (AvgIpc) is 3.01. The van der Waals surface area contributed by atoms with E-state index in [1.807, 2.05) is 35.2 Å². The third-order valence-corrected chi connectivity index (χ3v) is 4.26. The number of nitrogens with one attached hydrogen (secondary N) is 1. The van der Waals surface area contributed by atoms with E-state index in [-0.39, 0.29) is 5.91 Å². The van der Waals surface area contributed by atoms with E-state index in [2.05, 4.69) is 5.32 Å². The topological polar surface area (TPSA) is 41.6 Å². The highest BCUT2D eigenvalue weighted by molar-refractivity contribution is 5.82. The Morgan fingerprint density at radius 3 is 2.47 bits per heavy atom. The van der Waals surface area contributed by atoms with Gasteiger partial charge in [-0.1, -0.05) is 30.3 Å². The van der Waals surface area contributed by atoms with Crippen molar-refractivity contribution in [3.05, 3.63) is 35.9 Å². The highest BCUT2D eigenvalue weighted by atomic mass is 16.5. The van der Waals surface area contributed by atoms with Gasteiger partial charge in [0.05, 0.1) is 0 Å². The third kappa shape index (κ3) is 2.38. The van der Waals surface area contributed by atoms with Crippen molar-refractivity contribution < 1.29 is 9.53 Å². The van der Waals surface area contributed by atoms with Crippen LogP contribution in [0.5, 0.6) is 0 Å². The van der Waals surface area contributed by atoms with Gasteiger partial charge in [-0.15, -0.1) is 0 Å². The van der Waals surface area contributed by atoms with E-state index in [4.69, 9.17) is 4.74 Å². The minimum atomic E-state index is -0.465. The first-order valence-corrected chi connectivity index (χ1v) is 6.87. The van der Waals surface area contributed by atoms with Crippen LogP contribution >= 0.6 is 0 Å². The number of carbonyl (C=O) groups excluding carboxylic acids is 1. The van der Waals surface area contributed by atoms with E-state index in [0.29, 0.717) is 11.8 Å². The second-order valence-corrected chi connectivity index (χ2v) is 5.45. The number of likely N-dealkylation sites (tertiary alicyclic amines) is 1. The zero-order valence-corrected chi connectivity index (χ0v) is 11.2. The highest BCUT2D eigenvalue weighted by Crippen LogP contribution is 2.29. The van der Waals surface area contributed by atoms with Crippen LogP contribution in [0.1, 0.15) is 11.7 Å². The van der Waals surface area contributed by atoms with Crippen molar-refractivity contribution in [2.45, 2.75) is 6.10 Å². The minimum absolute atomic E-state index is 0.100. The second-order valence-electron chi connectivity index (χ2n) is 5.45. The van der Waals surface area contributed by atoms with E-state index in [1.165, 1.54) is 0 Å². The van der Waals surface area contributed by atoms with Crippen LogP contribution in [-0.4, -0.2) is 44.1 Å². The van der Waals surface area contributed by atoms with Gasteiger partial charge in [0.1, 0.15) is 0 Å². The van der Waals surface area contributed by atoms with Crippen molar-refractivity contribution >= 4 is 5.91 Å². The summed E-state index contributed by atoms with van der Waals surface area (Å²) in [6.07, 6.45) is -0.465. The molecule has 3 rings (SSSR count). The summed E-state index contributed by atoms with van der Waals surface area (Å²) in [5.74, 6) is 1.34. The molecule has 0 radical (unpaired) electrons. The van der Waals surface area contributed by atoms with Gasteiger partial charge in [-0.2, -0.15) is 0 Å². The van der Waals surface area contributed by atoms with Crippen molar-refractivity contribution in [3.8, 4) is 0 Å². The predicted octanol–water partition coefficient (Wildman–Crippen LogP) is 1.05.